The Morgan fingerprint density at radius 2 is 1.94 bits per heavy atom. The molecular weight excluding hydrogens is 482 g/mol. The average molecular weight is 497 g/mol. The molecule has 7 nitrogen and oxygen atoms in total. The topological polar surface area (TPSA) is 85.6 Å². The van der Waals surface area contributed by atoms with Crippen LogP contribution in [0.25, 0.3) is 28.0 Å². The number of alkyl halides is 2. The number of hydrogen-bond acceptors (Lipinski definition) is 6. The standard InChI is InChI=1S/C23H15ClF2N6OS/c1-12-19(20(21(25)26)32(31-12)18-5-3-2-4-14(18)24)22(33)30-23-29-17(11-34-23)15-7-6-13-8-9-27-10-16(13)28-15/h2-11,21H,1H3,(H,29,30,33). The van der Waals surface area contributed by atoms with E-state index in [4.69, 9.17) is 11.6 Å². The summed E-state index contributed by atoms with van der Waals surface area (Å²) < 4.78 is 29.1. The van der Waals surface area contributed by atoms with Crippen molar-refractivity contribution in [2.75, 3.05) is 5.32 Å². The Balaban J connectivity index is 1.46. The average Bonchev–Trinajstić information content (AvgIpc) is 3.43. The molecule has 34 heavy (non-hydrogen) atoms. The molecule has 0 radical (unpaired) electrons. The molecule has 1 amide bonds. The van der Waals surface area contributed by atoms with Crippen LogP contribution in [-0.4, -0.2) is 30.6 Å². The predicted octanol–water partition coefficient (Wildman–Crippen LogP) is 6.09. The monoisotopic (exact) mass is 496 g/mol. The predicted molar refractivity (Wildman–Crippen MR) is 127 cm³/mol. The van der Waals surface area contributed by atoms with Gasteiger partial charge < -0.3 is 0 Å². The molecule has 4 aromatic heterocycles. The number of para-hydroxylation sites is 1. The normalized spacial score (nSPS) is 11.3. The Hall–Kier alpha value is -3.76. The maximum atomic E-state index is 14.1. The molecule has 4 heterocycles. The minimum atomic E-state index is -2.96. The number of aromatic nitrogens is 5. The van der Waals surface area contributed by atoms with Crippen molar-refractivity contribution in [1.82, 2.24) is 24.7 Å². The van der Waals surface area contributed by atoms with Crippen LogP contribution in [0.1, 0.15) is 28.2 Å². The quantitative estimate of drug-likeness (QED) is 0.318. The van der Waals surface area contributed by atoms with Crippen molar-refractivity contribution in [3.8, 4) is 17.1 Å². The van der Waals surface area contributed by atoms with Crippen LogP contribution in [0.4, 0.5) is 13.9 Å². The van der Waals surface area contributed by atoms with Crippen LogP contribution < -0.4 is 5.32 Å². The number of benzene rings is 1. The van der Waals surface area contributed by atoms with Gasteiger partial charge in [-0.25, -0.2) is 23.4 Å². The molecule has 0 atom stereocenters. The van der Waals surface area contributed by atoms with Gasteiger partial charge in [-0.05, 0) is 31.2 Å². The number of aryl methyl sites for hydroxylation is 1. The Morgan fingerprint density at radius 1 is 1.12 bits per heavy atom. The van der Waals surface area contributed by atoms with Gasteiger partial charge in [0.05, 0.1) is 39.4 Å². The van der Waals surface area contributed by atoms with Crippen molar-refractivity contribution in [1.29, 1.82) is 0 Å². The lowest BCUT2D eigenvalue weighted by Crippen LogP contribution is -2.15. The molecule has 0 fully saturated rings. The smallest absolute Gasteiger partial charge is 0.281 e. The number of thiazole rings is 1. The van der Waals surface area contributed by atoms with Gasteiger partial charge >= 0.3 is 0 Å². The SMILES string of the molecule is Cc1nn(-c2ccccc2Cl)c(C(F)F)c1C(=O)Nc1nc(-c2ccc3ccncc3n2)cs1. The molecule has 0 unspecified atom stereocenters. The van der Waals surface area contributed by atoms with E-state index in [1.54, 1.807) is 42.0 Å². The fourth-order valence-electron chi connectivity index (χ4n) is 3.55. The van der Waals surface area contributed by atoms with Gasteiger partial charge in [-0.3, -0.25) is 15.1 Å². The van der Waals surface area contributed by atoms with Crippen LogP contribution in [0.5, 0.6) is 0 Å². The number of hydrogen-bond donors (Lipinski definition) is 1. The molecule has 11 heteroatoms. The third-order valence-corrected chi connectivity index (χ3v) is 6.17. The fraction of sp³-hybridized carbons (Fsp3) is 0.0870. The van der Waals surface area contributed by atoms with Gasteiger partial charge in [0.25, 0.3) is 12.3 Å². The van der Waals surface area contributed by atoms with E-state index in [0.717, 1.165) is 21.4 Å². The summed E-state index contributed by atoms with van der Waals surface area (Å²) in [5.74, 6) is -0.734. The molecule has 170 valence electrons. The Labute approximate surface area is 201 Å². The molecule has 0 aliphatic carbocycles. The Kier molecular flexibility index (Phi) is 5.76. The third kappa shape index (κ3) is 4.02. The van der Waals surface area contributed by atoms with Crippen LogP contribution in [-0.2, 0) is 0 Å². The molecule has 1 N–H and O–H groups in total. The maximum absolute atomic E-state index is 14.1. The second-order valence-corrected chi connectivity index (χ2v) is 8.53. The van der Waals surface area contributed by atoms with Gasteiger partial charge in [0, 0.05) is 17.0 Å². The lowest BCUT2D eigenvalue weighted by Gasteiger charge is -2.10. The summed E-state index contributed by atoms with van der Waals surface area (Å²) in [5.41, 5.74) is 1.51. The third-order valence-electron chi connectivity index (χ3n) is 5.09. The lowest BCUT2D eigenvalue weighted by atomic mass is 10.1. The molecule has 0 saturated carbocycles. The summed E-state index contributed by atoms with van der Waals surface area (Å²) in [6, 6.07) is 12.0. The van der Waals surface area contributed by atoms with E-state index in [2.05, 4.69) is 25.4 Å². The van der Waals surface area contributed by atoms with Crippen molar-refractivity contribution in [3.05, 3.63) is 82.2 Å². The van der Waals surface area contributed by atoms with Gasteiger partial charge in [-0.15, -0.1) is 11.3 Å². The largest absolute Gasteiger partial charge is 0.298 e. The second kappa shape index (κ2) is 8.88. The Morgan fingerprint density at radius 3 is 2.74 bits per heavy atom. The minimum Gasteiger partial charge on any atom is -0.298 e. The number of rotatable bonds is 5. The van der Waals surface area contributed by atoms with Crippen LogP contribution in [0.3, 0.4) is 0 Å². The fourth-order valence-corrected chi connectivity index (χ4v) is 4.47. The number of nitrogens with one attached hydrogen (secondary N) is 1. The van der Waals surface area contributed by atoms with Gasteiger partial charge in [0.15, 0.2) is 5.13 Å². The highest BCUT2D eigenvalue weighted by molar-refractivity contribution is 7.14. The van der Waals surface area contributed by atoms with Crippen molar-refractivity contribution in [3.63, 3.8) is 0 Å². The van der Waals surface area contributed by atoms with Gasteiger partial charge in [-0.1, -0.05) is 29.8 Å². The Bertz CT molecular complexity index is 1530. The number of amides is 1. The summed E-state index contributed by atoms with van der Waals surface area (Å²) in [6.07, 6.45) is 0.378. The highest BCUT2D eigenvalue weighted by Crippen LogP contribution is 2.32. The van der Waals surface area contributed by atoms with E-state index in [1.165, 1.54) is 6.92 Å². The number of nitrogens with zero attached hydrogens (tertiary/aromatic N) is 5. The molecule has 5 aromatic rings. The highest BCUT2D eigenvalue weighted by atomic mass is 35.5. The maximum Gasteiger partial charge on any atom is 0.281 e. The van der Waals surface area contributed by atoms with E-state index >= 15 is 0 Å². The summed E-state index contributed by atoms with van der Waals surface area (Å²) in [6.45, 7) is 1.49. The first-order chi connectivity index (χ1) is 16.4. The van der Waals surface area contributed by atoms with Gasteiger partial charge in [-0.2, -0.15) is 5.10 Å². The molecule has 1 aromatic carbocycles. The van der Waals surface area contributed by atoms with Crippen molar-refractivity contribution < 1.29 is 13.6 Å². The van der Waals surface area contributed by atoms with E-state index in [9.17, 15) is 13.6 Å². The number of anilines is 1. The minimum absolute atomic E-state index is 0.146. The van der Waals surface area contributed by atoms with Crippen molar-refractivity contribution in [2.45, 2.75) is 13.3 Å². The van der Waals surface area contributed by atoms with Crippen LogP contribution in [0.15, 0.2) is 60.2 Å². The van der Waals surface area contributed by atoms with E-state index in [1.807, 2.05) is 18.2 Å². The molecule has 0 aliphatic heterocycles. The molecule has 0 aliphatic rings. The number of fused-ring (bicyclic) bond motifs is 1. The number of carbonyl (C=O) groups is 1. The highest BCUT2D eigenvalue weighted by Gasteiger charge is 2.29. The van der Waals surface area contributed by atoms with E-state index in [0.29, 0.717) is 16.9 Å². The molecule has 0 bridgehead atoms. The lowest BCUT2D eigenvalue weighted by molar-refractivity contribution is 0.100. The number of carbonyl (C=O) groups excluding carboxylic acids is 1. The van der Waals surface area contributed by atoms with Gasteiger partial charge in [0.2, 0.25) is 0 Å². The molecule has 0 saturated heterocycles. The van der Waals surface area contributed by atoms with Crippen LogP contribution in [0, 0.1) is 6.92 Å². The van der Waals surface area contributed by atoms with Gasteiger partial charge in [0.1, 0.15) is 11.4 Å². The van der Waals surface area contributed by atoms with E-state index < -0.39 is 18.0 Å². The zero-order chi connectivity index (χ0) is 23.8. The van der Waals surface area contributed by atoms with Crippen LogP contribution >= 0.6 is 22.9 Å². The second-order valence-electron chi connectivity index (χ2n) is 7.27. The van der Waals surface area contributed by atoms with E-state index in [-0.39, 0.29) is 27.1 Å². The summed E-state index contributed by atoms with van der Waals surface area (Å²) in [4.78, 5) is 26.0. The zero-order valence-corrected chi connectivity index (χ0v) is 19.1. The first kappa shape index (κ1) is 22.1. The summed E-state index contributed by atoms with van der Waals surface area (Å²) >= 11 is 7.34. The zero-order valence-electron chi connectivity index (χ0n) is 17.5. The van der Waals surface area contributed by atoms with Crippen LogP contribution in [0.2, 0.25) is 5.02 Å². The number of halogens is 3. The van der Waals surface area contributed by atoms with Crippen molar-refractivity contribution in [2.24, 2.45) is 0 Å². The molecular formula is C23H15ClF2N6OS. The number of pyridine rings is 2. The molecule has 0 spiro atoms. The first-order valence-corrected chi connectivity index (χ1v) is 11.3. The molecule has 5 rings (SSSR count). The summed E-state index contributed by atoms with van der Waals surface area (Å²) in [7, 11) is 0. The summed E-state index contributed by atoms with van der Waals surface area (Å²) in [5, 5.41) is 9.93. The first-order valence-electron chi connectivity index (χ1n) is 10.0. The van der Waals surface area contributed by atoms with Crippen molar-refractivity contribution >= 4 is 44.9 Å².